The second-order valence-electron chi connectivity index (χ2n) is 5.50. The largest absolute Gasteiger partial charge is 0.305 e. The van der Waals surface area contributed by atoms with Gasteiger partial charge in [-0.1, -0.05) is 31.8 Å². The summed E-state index contributed by atoms with van der Waals surface area (Å²) in [7, 11) is -1.54. The summed E-state index contributed by atoms with van der Waals surface area (Å²) < 4.78 is 0. The van der Waals surface area contributed by atoms with Crippen molar-refractivity contribution in [3.05, 3.63) is 12.2 Å². The molecule has 0 N–H and O–H groups in total. The van der Waals surface area contributed by atoms with Gasteiger partial charge in [-0.25, -0.2) is 0 Å². The second-order valence-corrected chi connectivity index (χ2v) is 10.5. The molecule has 1 fully saturated rings. The van der Waals surface area contributed by atoms with Gasteiger partial charge in [0, 0.05) is 5.92 Å². The normalized spacial score (nSPS) is 37.0. The van der Waals surface area contributed by atoms with Crippen molar-refractivity contribution in [2.75, 3.05) is 0 Å². The summed E-state index contributed by atoms with van der Waals surface area (Å²) in [6.07, 6.45) is 6.97. The molecule has 0 aromatic carbocycles. The van der Waals surface area contributed by atoms with E-state index in [-0.39, 0.29) is 0 Å². The Morgan fingerprint density at radius 2 is 1.92 bits per heavy atom. The summed E-state index contributed by atoms with van der Waals surface area (Å²) in [6.45, 7) is 6.52. The fourth-order valence-electron chi connectivity index (χ4n) is 2.64. The zero-order valence-corrected chi connectivity index (χ0v) is 9.71. The van der Waals surface area contributed by atoms with E-state index in [1.54, 1.807) is 0 Å². The van der Waals surface area contributed by atoms with E-state index in [9.17, 15) is 4.79 Å². The first-order chi connectivity index (χ1) is 5.98. The quantitative estimate of drug-likeness (QED) is 0.488. The number of hydrogen-bond donors (Lipinski definition) is 0. The van der Waals surface area contributed by atoms with Gasteiger partial charge in [-0.15, -0.1) is 0 Å². The minimum absolute atomic E-state index is 0.390. The number of rotatable bonds is 2. The number of allylic oxidation sites excluding steroid dienone is 2. The zero-order chi connectivity index (χ0) is 9.64. The van der Waals surface area contributed by atoms with E-state index < -0.39 is 8.07 Å². The fraction of sp³-hybridized carbons (Fsp3) is 0.727. The van der Waals surface area contributed by atoms with E-state index in [0.717, 1.165) is 12.3 Å². The summed E-state index contributed by atoms with van der Waals surface area (Å²) in [5.74, 6) is 1.72. The maximum absolute atomic E-state index is 12.1. The minimum atomic E-state index is -1.54. The topological polar surface area (TPSA) is 17.1 Å². The Morgan fingerprint density at radius 3 is 2.31 bits per heavy atom. The molecule has 0 unspecified atom stereocenters. The molecule has 3 atom stereocenters. The molecule has 2 bridgehead atoms. The van der Waals surface area contributed by atoms with Crippen LogP contribution in [0.25, 0.3) is 0 Å². The molecule has 72 valence electrons. The Bertz CT molecular complexity index is 262. The van der Waals surface area contributed by atoms with E-state index >= 15 is 0 Å². The van der Waals surface area contributed by atoms with Gasteiger partial charge in [0.15, 0.2) is 0 Å². The molecule has 0 spiro atoms. The van der Waals surface area contributed by atoms with Crippen molar-refractivity contribution >= 4 is 13.5 Å². The fourth-order valence-corrected chi connectivity index (χ4v) is 4.08. The van der Waals surface area contributed by atoms with Gasteiger partial charge in [-0.2, -0.15) is 0 Å². The van der Waals surface area contributed by atoms with Gasteiger partial charge < -0.3 is 4.79 Å². The zero-order valence-electron chi connectivity index (χ0n) is 8.71. The molecule has 13 heavy (non-hydrogen) atoms. The van der Waals surface area contributed by atoms with Crippen LogP contribution in [0.2, 0.25) is 19.6 Å². The summed E-state index contributed by atoms with van der Waals surface area (Å²) in [6, 6.07) is 0. The van der Waals surface area contributed by atoms with Crippen molar-refractivity contribution in [2.45, 2.75) is 32.5 Å². The molecule has 1 saturated carbocycles. The lowest BCUT2D eigenvalue weighted by Gasteiger charge is -2.24. The molecule has 0 aromatic heterocycles. The highest BCUT2D eigenvalue weighted by Crippen LogP contribution is 2.44. The van der Waals surface area contributed by atoms with Crippen LogP contribution in [0.1, 0.15) is 12.8 Å². The van der Waals surface area contributed by atoms with Crippen molar-refractivity contribution in [3.63, 3.8) is 0 Å². The Morgan fingerprint density at radius 1 is 1.23 bits per heavy atom. The van der Waals surface area contributed by atoms with Gasteiger partial charge in [-0.3, -0.25) is 0 Å². The Hall–Kier alpha value is -0.373. The van der Waals surface area contributed by atoms with Gasteiger partial charge in [0.25, 0.3) is 0 Å². The summed E-state index contributed by atoms with van der Waals surface area (Å²) in [5, 5.41) is 0.601. The Kier molecular flexibility index (Phi) is 1.99. The van der Waals surface area contributed by atoms with E-state index in [0.29, 0.717) is 17.2 Å². The highest BCUT2D eigenvalue weighted by atomic mass is 28.3. The second kappa shape index (κ2) is 2.81. The molecule has 1 nitrogen and oxygen atoms in total. The van der Waals surface area contributed by atoms with Crippen molar-refractivity contribution in [3.8, 4) is 0 Å². The number of fused-ring (bicyclic) bond motifs is 2. The van der Waals surface area contributed by atoms with Crippen LogP contribution in [-0.2, 0) is 4.79 Å². The smallest absolute Gasteiger partial charge is 0.124 e. The molecule has 2 rings (SSSR count). The van der Waals surface area contributed by atoms with E-state index in [2.05, 4.69) is 31.8 Å². The Balaban J connectivity index is 2.12. The van der Waals surface area contributed by atoms with Crippen LogP contribution in [0.4, 0.5) is 0 Å². The SMILES string of the molecule is C[Si](C)(C)C(=O)[C@@H]1C[C@H]2C=C[C@@H]1C2. The standard InChI is InChI=1S/C11H18OSi/c1-13(2,3)11(12)10-7-8-4-5-9(10)6-8/h4-5,8-10H,6-7H2,1-3H3/t8-,9+,10+/m0/s1. The lowest BCUT2D eigenvalue weighted by molar-refractivity contribution is -0.116. The molecule has 2 aliphatic rings. The van der Waals surface area contributed by atoms with Crippen LogP contribution in [0.3, 0.4) is 0 Å². The molecule has 0 aromatic rings. The lowest BCUT2D eigenvalue weighted by atomic mass is 9.95. The number of hydrogen-bond acceptors (Lipinski definition) is 1. The average molecular weight is 194 g/mol. The predicted molar refractivity (Wildman–Crippen MR) is 57.2 cm³/mol. The molecule has 0 radical (unpaired) electrons. The third-order valence-electron chi connectivity index (χ3n) is 3.35. The van der Waals surface area contributed by atoms with Crippen molar-refractivity contribution in [1.82, 2.24) is 0 Å². The van der Waals surface area contributed by atoms with Crippen LogP contribution in [0.5, 0.6) is 0 Å². The minimum Gasteiger partial charge on any atom is -0.305 e. The maximum Gasteiger partial charge on any atom is 0.124 e. The molecule has 0 heterocycles. The Labute approximate surface area is 81.2 Å². The number of carbonyl (C=O) groups excluding carboxylic acids is 1. The van der Waals surface area contributed by atoms with Crippen LogP contribution in [0, 0.1) is 17.8 Å². The average Bonchev–Trinajstić information content (AvgIpc) is 2.60. The van der Waals surface area contributed by atoms with E-state index in [1.807, 2.05) is 0 Å². The van der Waals surface area contributed by atoms with Crippen molar-refractivity contribution < 1.29 is 4.79 Å². The highest BCUT2D eigenvalue weighted by Gasteiger charge is 2.43. The first-order valence-corrected chi connectivity index (χ1v) is 8.71. The summed E-state index contributed by atoms with van der Waals surface area (Å²) >= 11 is 0. The van der Waals surface area contributed by atoms with Crippen LogP contribution < -0.4 is 0 Å². The first-order valence-electron chi connectivity index (χ1n) is 5.21. The molecular formula is C11H18OSi. The van der Waals surface area contributed by atoms with Crippen LogP contribution >= 0.6 is 0 Å². The van der Waals surface area contributed by atoms with Gasteiger partial charge >= 0.3 is 0 Å². The van der Waals surface area contributed by atoms with Gasteiger partial charge in [-0.05, 0) is 24.7 Å². The maximum atomic E-state index is 12.1. The van der Waals surface area contributed by atoms with Crippen molar-refractivity contribution in [1.29, 1.82) is 0 Å². The molecular weight excluding hydrogens is 176 g/mol. The van der Waals surface area contributed by atoms with Gasteiger partial charge in [0.2, 0.25) is 0 Å². The molecule has 0 aliphatic heterocycles. The van der Waals surface area contributed by atoms with E-state index in [1.165, 1.54) is 6.42 Å². The van der Waals surface area contributed by atoms with Crippen molar-refractivity contribution in [2.24, 2.45) is 17.8 Å². The van der Waals surface area contributed by atoms with E-state index in [4.69, 9.17) is 0 Å². The molecule has 0 amide bonds. The number of carbonyl (C=O) groups is 1. The molecule has 2 heteroatoms. The molecule has 2 aliphatic carbocycles. The highest BCUT2D eigenvalue weighted by molar-refractivity contribution is 7.03. The van der Waals surface area contributed by atoms with Crippen LogP contribution in [-0.4, -0.2) is 13.5 Å². The third-order valence-corrected chi connectivity index (χ3v) is 5.20. The first kappa shape index (κ1) is 9.19. The lowest BCUT2D eigenvalue weighted by Crippen LogP contribution is -2.40. The predicted octanol–water partition coefficient (Wildman–Crippen LogP) is 2.65. The van der Waals surface area contributed by atoms with Gasteiger partial charge in [0.1, 0.15) is 13.5 Å². The monoisotopic (exact) mass is 194 g/mol. The van der Waals surface area contributed by atoms with Gasteiger partial charge in [0.05, 0.1) is 0 Å². The molecule has 0 saturated heterocycles. The third kappa shape index (κ3) is 1.52. The summed E-state index contributed by atoms with van der Waals surface area (Å²) in [5.41, 5.74) is 0. The summed E-state index contributed by atoms with van der Waals surface area (Å²) in [4.78, 5) is 12.1. The van der Waals surface area contributed by atoms with Crippen LogP contribution in [0.15, 0.2) is 12.2 Å².